The molecular formula is C10H14. The first-order valence-corrected chi connectivity index (χ1v) is 4.89. The standard InChI is InChI=1S/C10H14/c1-2-7-8-6-10(7,8)9(3-1)4-5-9/h7-8H,1-6H2. The van der Waals surface area contributed by atoms with Crippen LogP contribution in [0.4, 0.5) is 0 Å². The van der Waals surface area contributed by atoms with E-state index in [2.05, 4.69) is 0 Å². The van der Waals surface area contributed by atoms with Crippen LogP contribution in [0.15, 0.2) is 0 Å². The molecule has 0 amide bonds. The topological polar surface area (TPSA) is 0 Å². The van der Waals surface area contributed by atoms with E-state index in [1.165, 1.54) is 11.8 Å². The third-order valence-corrected chi connectivity index (χ3v) is 5.11. The first kappa shape index (κ1) is 4.79. The van der Waals surface area contributed by atoms with Crippen molar-refractivity contribution in [1.82, 2.24) is 0 Å². The summed E-state index contributed by atoms with van der Waals surface area (Å²) < 4.78 is 0. The monoisotopic (exact) mass is 134 g/mol. The lowest BCUT2D eigenvalue weighted by molar-refractivity contribution is 0.220. The molecule has 0 saturated heterocycles. The number of hydrogen-bond donors (Lipinski definition) is 0. The van der Waals surface area contributed by atoms with Gasteiger partial charge in [-0.25, -0.2) is 0 Å². The smallest absolute Gasteiger partial charge is 0.0176 e. The van der Waals surface area contributed by atoms with E-state index in [-0.39, 0.29) is 0 Å². The largest absolute Gasteiger partial charge is 0.0525 e. The zero-order chi connectivity index (χ0) is 6.40. The van der Waals surface area contributed by atoms with Gasteiger partial charge >= 0.3 is 0 Å². The molecule has 54 valence electrons. The minimum Gasteiger partial charge on any atom is -0.0525 e. The molecule has 10 heavy (non-hydrogen) atoms. The van der Waals surface area contributed by atoms with Gasteiger partial charge in [-0.2, -0.15) is 0 Å². The van der Waals surface area contributed by atoms with Gasteiger partial charge in [0.2, 0.25) is 0 Å². The highest BCUT2D eigenvalue weighted by Crippen LogP contribution is 2.94. The van der Waals surface area contributed by atoms with Crippen molar-refractivity contribution in [1.29, 1.82) is 0 Å². The molecule has 0 aliphatic heterocycles. The van der Waals surface area contributed by atoms with Crippen LogP contribution in [0.25, 0.3) is 0 Å². The minimum atomic E-state index is 0.973. The Labute approximate surface area is 62.0 Å². The third-order valence-electron chi connectivity index (χ3n) is 5.11. The summed E-state index contributed by atoms with van der Waals surface area (Å²) in [6, 6.07) is 0. The van der Waals surface area contributed by atoms with Crippen LogP contribution in [0, 0.1) is 22.7 Å². The Morgan fingerprint density at radius 3 is 2.50 bits per heavy atom. The molecule has 3 atom stereocenters. The highest BCUT2D eigenvalue weighted by Gasteiger charge is 2.87. The third kappa shape index (κ3) is 0.271. The van der Waals surface area contributed by atoms with Crippen LogP contribution in [-0.4, -0.2) is 0 Å². The molecule has 4 aliphatic rings. The highest BCUT2D eigenvalue weighted by atomic mass is 14.9. The average Bonchev–Trinajstić information content (AvgIpc) is 2.67. The average molecular weight is 134 g/mol. The fraction of sp³-hybridized carbons (Fsp3) is 1.00. The van der Waals surface area contributed by atoms with Crippen molar-refractivity contribution in [3.8, 4) is 0 Å². The normalized spacial score (nSPS) is 64.8. The molecule has 4 rings (SSSR count). The van der Waals surface area contributed by atoms with E-state index in [4.69, 9.17) is 0 Å². The molecule has 2 spiro atoms. The molecule has 0 aromatic rings. The fourth-order valence-electron chi connectivity index (χ4n) is 4.26. The van der Waals surface area contributed by atoms with Gasteiger partial charge in [0, 0.05) is 0 Å². The van der Waals surface area contributed by atoms with Gasteiger partial charge < -0.3 is 0 Å². The van der Waals surface area contributed by atoms with Gasteiger partial charge in [-0.3, -0.25) is 0 Å². The second-order valence-electron chi connectivity index (χ2n) is 5.13. The van der Waals surface area contributed by atoms with E-state index >= 15 is 0 Å². The number of rotatable bonds is 0. The van der Waals surface area contributed by atoms with Crippen LogP contribution >= 0.6 is 0 Å². The first-order chi connectivity index (χ1) is 4.89. The van der Waals surface area contributed by atoms with Gasteiger partial charge in [0.05, 0.1) is 0 Å². The summed E-state index contributed by atoms with van der Waals surface area (Å²) in [5.41, 5.74) is 1.99. The molecule has 4 saturated carbocycles. The fourth-order valence-corrected chi connectivity index (χ4v) is 4.26. The van der Waals surface area contributed by atoms with E-state index in [1.807, 2.05) is 0 Å². The van der Waals surface area contributed by atoms with Crippen molar-refractivity contribution in [2.24, 2.45) is 22.7 Å². The van der Waals surface area contributed by atoms with Crippen LogP contribution in [-0.2, 0) is 0 Å². The second kappa shape index (κ2) is 1.00. The lowest BCUT2D eigenvalue weighted by Crippen LogP contribution is -2.19. The van der Waals surface area contributed by atoms with Crippen LogP contribution in [0.2, 0.25) is 0 Å². The Kier molecular flexibility index (Phi) is 0.479. The van der Waals surface area contributed by atoms with Gasteiger partial charge in [-0.15, -0.1) is 0 Å². The Hall–Kier alpha value is 0. The summed E-state index contributed by atoms with van der Waals surface area (Å²) >= 11 is 0. The van der Waals surface area contributed by atoms with E-state index in [0.717, 1.165) is 10.8 Å². The van der Waals surface area contributed by atoms with Crippen molar-refractivity contribution in [2.45, 2.75) is 38.5 Å². The lowest BCUT2D eigenvalue weighted by atomic mass is 9.77. The van der Waals surface area contributed by atoms with Gasteiger partial charge in [-0.05, 0) is 54.8 Å². The number of fused-ring (bicyclic) bond motifs is 1. The molecule has 0 heterocycles. The molecule has 4 aliphatic carbocycles. The molecule has 0 radical (unpaired) electrons. The Morgan fingerprint density at radius 1 is 1.00 bits per heavy atom. The second-order valence-corrected chi connectivity index (χ2v) is 5.13. The first-order valence-electron chi connectivity index (χ1n) is 4.89. The summed E-state index contributed by atoms with van der Waals surface area (Å²) in [5.74, 6) is 2.52. The zero-order valence-electron chi connectivity index (χ0n) is 6.40. The summed E-state index contributed by atoms with van der Waals surface area (Å²) in [6.45, 7) is 0. The Morgan fingerprint density at radius 2 is 1.90 bits per heavy atom. The number of hydrogen-bond acceptors (Lipinski definition) is 0. The maximum atomic E-state index is 1.65. The molecule has 3 unspecified atom stereocenters. The summed E-state index contributed by atoms with van der Waals surface area (Å²) in [5, 5.41) is 0. The van der Waals surface area contributed by atoms with E-state index < -0.39 is 0 Å². The van der Waals surface area contributed by atoms with Gasteiger partial charge in [0.25, 0.3) is 0 Å². The van der Waals surface area contributed by atoms with Gasteiger partial charge in [-0.1, -0.05) is 6.42 Å². The van der Waals surface area contributed by atoms with Crippen LogP contribution in [0.1, 0.15) is 38.5 Å². The zero-order valence-corrected chi connectivity index (χ0v) is 6.40. The Balaban J connectivity index is 1.83. The SMILES string of the molecule is C1CC2C3CC23C2(C1)CC2. The highest BCUT2D eigenvalue weighted by molar-refractivity contribution is 5.36. The van der Waals surface area contributed by atoms with Crippen LogP contribution < -0.4 is 0 Å². The van der Waals surface area contributed by atoms with E-state index in [1.54, 1.807) is 38.5 Å². The van der Waals surface area contributed by atoms with Gasteiger partial charge in [0.1, 0.15) is 0 Å². The molecule has 4 fully saturated rings. The molecule has 0 aromatic heterocycles. The predicted molar refractivity (Wildman–Crippen MR) is 39.5 cm³/mol. The maximum absolute atomic E-state index is 1.65. The molecule has 0 heteroatoms. The van der Waals surface area contributed by atoms with Crippen LogP contribution in [0.3, 0.4) is 0 Å². The van der Waals surface area contributed by atoms with Crippen molar-refractivity contribution in [3.63, 3.8) is 0 Å². The molecule has 0 bridgehead atoms. The maximum Gasteiger partial charge on any atom is -0.0176 e. The summed E-state index contributed by atoms with van der Waals surface area (Å²) in [4.78, 5) is 0. The van der Waals surface area contributed by atoms with Crippen molar-refractivity contribution in [2.75, 3.05) is 0 Å². The minimum absolute atomic E-state index is 0.973. The van der Waals surface area contributed by atoms with Gasteiger partial charge in [0.15, 0.2) is 0 Å². The molecular weight excluding hydrogens is 120 g/mol. The Bertz CT molecular complexity index is 211. The molecule has 0 N–H and O–H groups in total. The van der Waals surface area contributed by atoms with E-state index in [9.17, 15) is 0 Å². The predicted octanol–water partition coefficient (Wildman–Crippen LogP) is 2.59. The summed E-state index contributed by atoms with van der Waals surface area (Å²) in [7, 11) is 0. The van der Waals surface area contributed by atoms with Crippen molar-refractivity contribution < 1.29 is 0 Å². The molecule has 0 nitrogen and oxygen atoms in total. The molecule has 0 aromatic carbocycles. The summed E-state index contributed by atoms with van der Waals surface area (Å²) in [6.07, 6.45) is 9.66. The van der Waals surface area contributed by atoms with E-state index in [0.29, 0.717) is 0 Å². The van der Waals surface area contributed by atoms with Crippen LogP contribution in [0.5, 0.6) is 0 Å². The van der Waals surface area contributed by atoms with Crippen molar-refractivity contribution >= 4 is 0 Å². The lowest BCUT2D eigenvalue weighted by Gasteiger charge is -2.27. The van der Waals surface area contributed by atoms with Crippen molar-refractivity contribution in [3.05, 3.63) is 0 Å². The quantitative estimate of drug-likeness (QED) is 0.477.